The lowest BCUT2D eigenvalue weighted by atomic mass is 10.3. The Kier molecular flexibility index (Phi) is 6.14. The number of allylic oxidation sites excluding steroid dienone is 1. The lowest BCUT2D eigenvalue weighted by Gasteiger charge is -2.19. The molecular formula is C12H17ClNO3PS. The Morgan fingerprint density at radius 3 is 2.42 bits per heavy atom. The molecule has 0 saturated carbocycles. The molecule has 19 heavy (non-hydrogen) atoms. The summed E-state index contributed by atoms with van der Waals surface area (Å²) in [5.74, 6) is -2.22. The van der Waals surface area contributed by atoms with Crippen molar-refractivity contribution in [1.82, 2.24) is 5.09 Å². The predicted octanol–water partition coefficient (Wildman–Crippen LogP) is 3.72. The summed E-state index contributed by atoms with van der Waals surface area (Å²) < 4.78 is 11.2. The number of rotatable bonds is 6. The van der Waals surface area contributed by atoms with Gasteiger partial charge >= 0.3 is 5.95 Å². The molecule has 1 rings (SSSR count). The molecular weight excluding hydrogens is 305 g/mol. The van der Waals surface area contributed by atoms with Crippen LogP contribution in [0.5, 0.6) is 5.75 Å². The molecule has 1 aromatic rings. The fourth-order valence-electron chi connectivity index (χ4n) is 1.25. The van der Waals surface area contributed by atoms with Gasteiger partial charge in [-0.3, -0.25) is 0 Å². The minimum atomic E-state index is -3.09. The maximum Gasteiger partial charge on any atom is 0.305 e. The van der Waals surface area contributed by atoms with E-state index in [-0.39, 0.29) is 12.0 Å². The molecule has 0 aromatic heterocycles. The smallest absolute Gasteiger partial charge is 0.305 e. The van der Waals surface area contributed by atoms with Crippen molar-refractivity contribution in [3.63, 3.8) is 0 Å². The standard InChI is InChI=1S/C12H17ClNO3PS/c1-9(2)16-12(10(3)14-18(13,15)19)17-11-7-5-4-6-8-11/h4-9H,1-3H3,(H2,14,15,19). The van der Waals surface area contributed by atoms with E-state index >= 15 is 0 Å². The van der Waals surface area contributed by atoms with Crippen LogP contribution in [0.1, 0.15) is 20.8 Å². The van der Waals surface area contributed by atoms with Crippen LogP contribution in [0.4, 0.5) is 0 Å². The molecule has 0 bridgehead atoms. The van der Waals surface area contributed by atoms with Crippen molar-refractivity contribution in [2.45, 2.75) is 26.9 Å². The van der Waals surface area contributed by atoms with Crippen LogP contribution in [0.25, 0.3) is 0 Å². The van der Waals surface area contributed by atoms with E-state index in [1.54, 1.807) is 19.1 Å². The zero-order valence-electron chi connectivity index (χ0n) is 11.0. The lowest BCUT2D eigenvalue weighted by molar-refractivity contribution is 0.0588. The number of para-hydroxylation sites is 1. The van der Waals surface area contributed by atoms with Gasteiger partial charge < -0.3 is 19.5 Å². The van der Waals surface area contributed by atoms with Gasteiger partial charge in [-0.05, 0) is 56.0 Å². The Hall–Kier alpha value is -0.740. The average molecular weight is 322 g/mol. The van der Waals surface area contributed by atoms with Crippen LogP contribution in [-0.4, -0.2) is 11.0 Å². The van der Waals surface area contributed by atoms with Gasteiger partial charge in [-0.2, -0.15) is 0 Å². The van der Waals surface area contributed by atoms with Crippen molar-refractivity contribution in [3.05, 3.63) is 42.0 Å². The van der Waals surface area contributed by atoms with Gasteiger partial charge in [-0.15, -0.1) is 0 Å². The Bertz CT molecular complexity index is 487. The van der Waals surface area contributed by atoms with Crippen LogP contribution >= 0.6 is 17.0 Å². The van der Waals surface area contributed by atoms with E-state index in [9.17, 15) is 4.89 Å². The summed E-state index contributed by atoms with van der Waals surface area (Å²) in [6.07, 6.45) is -0.0812. The van der Waals surface area contributed by atoms with Crippen molar-refractivity contribution in [2.24, 2.45) is 0 Å². The second kappa shape index (κ2) is 7.15. The van der Waals surface area contributed by atoms with E-state index in [1.165, 1.54) is 0 Å². The number of ether oxygens (including phenoxy) is 2. The number of hydrogen-bond donors (Lipinski definition) is 2. The lowest BCUT2D eigenvalue weighted by Crippen LogP contribution is -2.15. The number of benzene rings is 1. The van der Waals surface area contributed by atoms with Gasteiger partial charge in [-0.1, -0.05) is 18.2 Å². The first kappa shape index (κ1) is 16.3. The molecule has 4 nitrogen and oxygen atoms in total. The molecule has 7 heteroatoms. The summed E-state index contributed by atoms with van der Waals surface area (Å²) in [6.45, 7) is 5.43. The predicted molar refractivity (Wildman–Crippen MR) is 81.5 cm³/mol. The monoisotopic (exact) mass is 321 g/mol. The van der Waals surface area contributed by atoms with Gasteiger partial charge in [0, 0.05) is 0 Å². The molecule has 0 fully saturated rings. The third kappa shape index (κ3) is 6.83. The zero-order chi connectivity index (χ0) is 14.5. The maximum atomic E-state index is 9.47. The molecule has 0 amide bonds. The first-order valence-corrected chi connectivity index (χ1v) is 9.35. The second-order valence-corrected chi connectivity index (χ2v) is 8.99. The van der Waals surface area contributed by atoms with E-state index in [4.69, 9.17) is 32.5 Å². The summed E-state index contributed by atoms with van der Waals surface area (Å²) in [4.78, 5) is 9.47. The van der Waals surface area contributed by atoms with Gasteiger partial charge in [0.15, 0.2) is 0 Å². The van der Waals surface area contributed by atoms with Gasteiger partial charge in [0.1, 0.15) is 5.75 Å². The van der Waals surface area contributed by atoms with E-state index in [2.05, 4.69) is 5.09 Å². The van der Waals surface area contributed by atoms with Crippen LogP contribution < -0.4 is 9.82 Å². The molecule has 0 aliphatic rings. The summed E-state index contributed by atoms with van der Waals surface area (Å²) in [7, 11) is 0. The van der Waals surface area contributed by atoms with Gasteiger partial charge in [-0.25, -0.2) is 0 Å². The normalized spacial score (nSPS) is 15.5. The highest BCUT2D eigenvalue weighted by molar-refractivity contribution is 8.23. The Morgan fingerprint density at radius 2 is 1.95 bits per heavy atom. The van der Waals surface area contributed by atoms with Crippen molar-refractivity contribution in [2.75, 3.05) is 0 Å². The molecule has 1 unspecified atom stereocenters. The largest absolute Gasteiger partial charge is 0.461 e. The van der Waals surface area contributed by atoms with Crippen molar-refractivity contribution in [3.8, 4) is 5.75 Å². The molecule has 0 saturated heterocycles. The van der Waals surface area contributed by atoms with Crippen LogP contribution in [0.15, 0.2) is 42.0 Å². The van der Waals surface area contributed by atoms with E-state index < -0.39 is 5.77 Å². The molecule has 0 radical (unpaired) electrons. The summed E-state index contributed by atoms with van der Waals surface area (Å²) in [6, 6.07) is 9.18. The van der Waals surface area contributed by atoms with Crippen LogP contribution in [0.3, 0.4) is 0 Å². The van der Waals surface area contributed by atoms with E-state index in [1.807, 2.05) is 32.0 Å². The average Bonchev–Trinajstić information content (AvgIpc) is 2.26. The Labute approximate surface area is 123 Å². The minimum Gasteiger partial charge on any atom is -0.461 e. The minimum absolute atomic E-state index is 0.0812. The van der Waals surface area contributed by atoms with Gasteiger partial charge in [0.05, 0.1) is 11.8 Å². The second-order valence-electron chi connectivity index (χ2n) is 4.11. The van der Waals surface area contributed by atoms with E-state index in [0.29, 0.717) is 11.4 Å². The van der Waals surface area contributed by atoms with Gasteiger partial charge in [0.2, 0.25) is 5.77 Å². The number of hydrogen-bond acceptors (Lipinski definition) is 3. The van der Waals surface area contributed by atoms with E-state index in [0.717, 1.165) is 0 Å². The van der Waals surface area contributed by atoms with Crippen LogP contribution in [0.2, 0.25) is 0 Å². The van der Waals surface area contributed by atoms with Crippen molar-refractivity contribution >= 4 is 28.8 Å². The van der Waals surface area contributed by atoms with Crippen molar-refractivity contribution < 1.29 is 14.4 Å². The molecule has 106 valence electrons. The summed E-state index contributed by atoms with van der Waals surface area (Å²) in [5.41, 5.74) is 0.457. The number of halogens is 1. The first-order valence-electron chi connectivity index (χ1n) is 5.69. The quantitative estimate of drug-likeness (QED) is 0.617. The molecule has 0 aliphatic heterocycles. The molecule has 2 N–H and O–H groups in total. The molecule has 0 aliphatic carbocycles. The molecule has 0 heterocycles. The number of nitrogens with one attached hydrogen (secondary N) is 1. The highest BCUT2D eigenvalue weighted by atomic mass is 35.7. The highest BCUT2D eigenvalue weighted by Crippen LogP contribution is 2.43. The molecule has 1 aromatic carbocycles. The zero-order valence-corrected chi connectivity index (χ0v) is 13.4. The topological polar surface area (TPSA) is 50.7 Å². The third-order valence-corrected chi connectivity index (χ3v) is 3.05. The van der Waals surface area contributed by atoms with Crippen LogP contribution in [-0.2, 0) is 16.5 Å². The Balaban J connectivity index is 2.94. The summed E-state index contributed by atoms with van der Waals surface area (Å²) in [5, 5.41) is 2.62. The SMILES string of the molecule is CC(NP(O)(=S)Cl)=C(Oc1ccccc1)OC(C)C. The Morgan fingerprint density at radius 1 is 1.37 bits per heavy atom. The fourth-order valence-corrected chi connectivity index (χ4v) is 2.55. The fraction of sp³-hybridized carbons (Fsp3) is 0.333. The van der Waals surface area contributed by atoms with Crippen LogP contribution in [0, 0.1) is 0 Å². The molecule has 1 atom stereocenters. The summed E-state index contributed by atoms with van der Waals surface area (Å²) >= 11 is 10.4. The molecule has 0 spiro atoms. The first-order chi connectivity index (χ1) is 8.78. The highest BCUT2D eigenvalue weighted by Gasteiger charge is 2.15. The maximum absolute atomic E-state index is 9.47. The van der Waals surface area contributed by atoms with Gasteiger partial charge in [0.25, 0.3) is 0 Å². The third-order valence-electron chi connectivity index (χ3n) is 1.91. The van der Waals surface area contributed by atoms with Crippen molar-refractivity contribution in [1.29, 1.82) is 0 Å².